The zero-order chi connectivity index (χ0) is 11.4. The van der Waals surface area contributed by atoms with Crippen LogP contribution in [0.25, 0.3) is 0 Å². The highest BCUT2D eigenvalue weighted by molar-refractivity contribution is 9.10. The summed E-state index contributed by atoms with van der Waals surface area (Å²) in [7, 11) is 0. The van der Waals surface area contributed by atoms with Gasteiger partial charge in [-0.15, -0.1) is 0 Å². The topological polar surface area (TPSA) is 26.0 Å². The van der Waals surface area contributed by atoms with Crippen molar-refractivity contribution in [3.8, 4) is 0 Å². The summed E-state index contributed by atoms with van der Waals surface area (Å²) in [5.41, 5.74) is 6.72. The minimum absolute atomic E-state index is 0.600. The summed E-state index contributed by atoms with van der Waals surface area (Å²) in [6.45, 7) is 0.600. The average molecular weight is 294 g/mol. The van der Waals surface area contributed by atoms with Gasteiger partial charge in [0.05, 0.1) is 0 Å². The molecule has 0 saturated heterocycles. The van der Waals surface area contributed by atoms with Crippen LogP contribution >= 0.6 is 27.7 Å². The van der Waals surface area contributed by atoms with Crippen molar-refractivity contribution in [2.75, 3.05) is 0 Å². The Balaban J connectivity index is 2.11. The van der Waals surface area contributed by atoms with Gasteiger partial charge in [-0.1, -0.05) is 39.8 Å². The van der Waals surface area contributed by atoms with Crippen molar-refractivity contribution in [3.05, 3.63) is 58.6 Å². The fourth-order valence-corrected chi connectivity index (χ4v) is 2.41. The van der Waals surface area contributed by atoms with Crippen LogP contribution in [0.3, 0.4) is 0 Å². The molecule has 0 fully saturated rings. The van der Waals surface area contributed by atoms with Gasteiger partial charge in [-0.25, -0.2) is 0 Å². The van der Waals surface area contributed by atoms with Gasteiger partial charge in [-0.2, -0.15) is 0 Å². The van der Waals surface area contributed by atoms with Crippen LogP contribution in [0, 0.1) is 0 Å². The summed E-state index contributed by atoms with van der Waals surface area (Å²) < 4.78 is 1.11. The number of hydrogen-bond acceptors (Lipinski definition) is 2. The Hall–Kier alpha value is -0.770. The van der Waals surface area contributed by atoms with Crippen LogP contribution in [-0.4, -0.2) is 0 Å². The molecule has 0 spiro atoms. The molecule has 3 heteroatoms. The van der Waals surface area contributed by atoms with Crippen molar-refractivity contribution in [1.82, 2.24) is 0 Å². The predicted octanol–water partition coefficient (Wildman–Crippen LogP) is 4.06. The molecular weight excluding hydrogens is 282 g/mol. The highest BCUT2D eigenvalue weighted by Gasteiger charge is 1.97. The molecule has 2 aromatic rings. The van der Waals surface area contributed by atoms with Crippen molar-refractivity contribution in [1.29, 1.82) is 0 Å². The predicted molar refractivity (Wildman–Crippen MR) is 72.6 cm³/mol. The Labute approximate surface area is 108 Å². The molecule has 0 saturated carbocycles. The first-order valence-electron chi connectivity index (χ1n) is 5.00. The lowest BCUT2D eigenvalue weighted by Crippen LogP contribution is -1.94. The number of hydrogen-bond donors (Lipinski definition) is 1. The molecule has 16 heavy (non-hydrogen) atoms. The van der Waals surface area contributed by atoms with E-state index < -0.39 is 0 Å². The van der Waals surface area contributed by atoms with E-state index in [0.29, 0.717) is 6.54 Å². The summed E-state index contributed by atoms with van der Waals surface area (Å²) in [5, 5.41) is 0. The molecule has 82 valence electrons. The van der Waals surface area contributed by atoms with E-state index in [1.807, 2.05) is 0 Å². The van der Waals surface area contributed by atoms with Gasteiger partial charge >= 0.3 is 0 Å². The van der Waals surface area contributed by atoms with E-state index in [1.54, 1.807) is 11.8 Å². The Kier molecular flexibility index (Phi) is 4.04. The maximum absolute atomic E-state index is 5.56. The van der Waals surface area contributed by atoms with E-state index in [0.717, 1.165) is 4.47 Å². The highest BCUT2D eigenvalue weighted by Crippen LogP contribution is 2.28. The van der Waals surface area contributed by atoms with Crippen molar-refractivity contribution in [3.63, 3.8) is 0 Å². The molecule has 2 aromatic carbocycles. The van der Waals surface area contributed by atoms with E-state index in [2.05, 4.69) is 64.5 Å². The first-order valence-corrected chi connectivity index (χ1v) is 6.61. The van der Waals surface area contributed by atoms with E-state index in [-0.39, 0.29) is 0 Å². The second-order valence-electron chi connectivity index (χ2n) is 3.40. The third-order valence-corrected chi connectivity index (χ3v) is 3.75. The molecule has 0 amide bonds. The first kappa shape index (κ1) is 11.7. The van der Waals surface area contributed by atoms with Crippen LogP contribution in [0.5, 0.6) is 0 Å². The second kappa shape index (κ2) is 5.53. The smallest absolute Gasteiger partial charge is 0.0178 e. The van der Waals surface area contributed by atoms with Crippen LogP contribution in [0.4, 0.5) is 0 Å². The van der Waals surface area contributed by atoms with Gasteiger partial charge in [0, 0.05) is 20.8 Å². The zero-order valence-corrected chi connectivity index (χ0v) is 11.1. The van der Waals surface area contributed by atoms with Gasteiger partial charge in [0.2, 0.25) is 0 Å². The van der Waals surface area contributed by atoms with E-state index in [1.165, 1.54) is 15.4 Å². The Morgan fingerprint density at radius 3 is 1.88 bits per heavy atom. The van der Waals surface area contributed by atoms with E-state index in [4.69, 9.17) is 5.73 Å². The van der Waals surface area contributed by atoms with Gasteiger partial charge < -0.3 is 5.73 Å². The largest absolute Gasteiger partial charge is 0.326 e. The van der Waals surface area contributed by atoms with Crippen LogP contribution < -0.4 is 5.73 Å². The minimum Gasteiger partial charge on any atom is -0.326 e. The highest BCUT2D eigenvalue weighted by atomic mass is 79.9. The molecule has 0 aromatic heterocycles. The van der Waals surface area contributed by atoms with E-state index in [9.17, 15) is 0 Å². The first-order chi connectivity index (χ1) is 7.78. The zero-order valence-electron chi connectivity index (χ0n) is 8.69. The summed E-state index contributed by atoms with van der Waals surface area (Å²) in [6, 6.07) is 16.7. The lowest BCUT2D eigenvalue weighted by molar-refractivity contribution is 1.07. The molecule has 2 rings (SSSR count). The van der Waals surface area contributed by atoms with Crippen LogP contribution in [0.15, 0.2) is 62.8 Å². The van der Waals surface area contributed by atoms with Crippen LogP contribution in [0.2, 0.25) is 0 Å². The van der Waals surface area contributed by atoms with Gasteiger partial charge in [0.25, 0.3) is 0 Å². The Morgan fingerprint density at radius 2 is 1.38 bits per heavy atom. The molecule has 0 heterocycles. The fraction of sp³-hybridized carbons (Fsp3) is 0.0769. The normalized spacial score (nSPS) is 10.4. The monoisotopic (exact) mass is 293 g/mol. The number of benzene rings is 2. The van der Waals surface area contributed by atoms with Gasteiger partial charge in [0.15, 0.2) is 0 Å². The van der Waals surface area contributed by atoms with Crippen LogP contribution in [-0.2, 0) is 6.54 Å². The quantitative estimate of drug-likeness (QED) is 0.924. The molecular formula is C13H12BrNS. The summed E-state index contributed by atoms with van der Waals surface area (Å²) in [6.07, 6.45) is 0. The van der Waals surface area contributed by atoms with E-state index >= 15 is 0 Å². The molecule has 0 unspecified atom stereocenters. The second-order valence-corrected chi connectivity index (χ2v) is 5.47. The van der Waals surface area contributed by atoms with Gasteiger partial charge in [-0.05, 0) is 42.0 Å². The lowest BCUT2D eigenvalue weighted by Gasteiger charge is -2.03. The van der Waals surface area contributed by atoms with Gasteiger partial charge in [0.1, 0.15) is 0 Å². The molecule has 0 bridgehead atoms. The standard InChI is InChI=1S/C13H12BrNS/c14-11-3-7-13(8-4-11)16-12-5-1-10(9-15)2-6-12/h1-8H,9,15H2. The van der Waals surface area contributed by atoms with Crippen molar-refractivity contribution in [2.24, 2.45) is 5.73 Å². The summed E-state index contributed by atoms with van der Waals surface area (Å²) in [5.74, 6) is 0. The molecule has 0 atom stereocenters. The molecule has 0 aliphatic heterocycles. The maximum atomic E-state index is 5.56. The van der Waals surface area contributed by atoms with Crippen molar-refractivity contribution >= 4 is 27.7 Å². The fourth-order valence-electron chi connectivity index (χ4n) is 1.33. The Morgan fingerprint density at radius 1 is 0.875 bits per heavy atom. The summed E-state index contributed by atoms with van der Waals surface area (Å²) >= 11 is 5.18. The maximum Gasteiger partial charge on any atom is 0.0178 e. The number of rotatable bonds is 3. The average Bonchev–Trinajstić information content (AvgIpc) is 2.33. The SMILES string of the molecule is NCc1ccc(Sc2ccc(Br)cc2)cc1. The molecule has 1 nitrogen and oxygen atoms in total. The van der Waals surface area contributed by atoms with Crippen molar-refractivity contribution in [2.45, 2.75) is 16.3 Å². The third-order valence-electron chi connectivity index (χ3n) is 2.21. The minimum atomic E-state index is 0.600. The molecule has 2 N–H and O–H groups in total. The van der Waals surface area contributed by atoms with Crippen molar-refractivity contribution < 1.29 is 0 Å². The molecule has 0 aliphatic carbocycles. The Bertz CT molecular complexity index is 450. The third kappa shape index (κ3) is 3.11. The number of halogens is 1. The molecule has 0 radical (unpaired) electrons. The lowest BCUT2D eigenvalue weighted by atomic mass is 10.2. The number of nitrogens with two attached hydrogens (primary N) is 1. The summed E-state index contributed by atoms with van der Waals surface area (Å²) in [4.78, 5) is 2.48. The van der Waals surface area contributed by atoms with Gasteiger partial charge in [-0.3, -0.25) is 0 Å². The molecule has 0 aliphatic rings. The van der Waals surface area contributed by atoms with Crippen LogP contribution in [0.1, 0.15) is 5.56 Å².